The average Bonchev–Trinajstić information content (AvgIpc) is 3.30. The molecule has 0 aliphatic carbocycles. The van der Waals surface area contributed by atoms with Crippen LogP contribution in [0.25, 0.3) is 27.8 Å². The average molecular weight is 483 g/mol. The zero-order chi connectivity index (χ0) is 24.1. The first kappa shape index (κ1) is 22.1. The summed E-state index contributed by atoms with van der Waals surface area (Å²) in [6.45, 7) is 1.71. The topological polar surface area (TPSA) is 93.9 Å². The van der Waals surface area contributed by atoms with Crippen molar-refractivity contribution >= 4 is 26.6 Å². The maximum atomic E-state index is 14.5. The Morgan fingerprint density at radius 2 is 1.88 bits per heavy atom. The number of rotatable bonds is 4. The molecule has 1 amide bonds. The van der Waals surface area contributed by atoms with Gasteiger partial charge in [-0.2, -0.15) is 9.49 Å². The van der Waals surface area contributed by atoms with E-state index in [-0.39, 0.29) is 17.1 Å². The SMILES string of the molecule is C[C@@]1(NC(=O)c2ccc3c(-c4cccnc4F)nn(-c4ccc(F)cc4)c3c2)CCS(=O)(=O)C1. The number of hydrogen-bond acceptors (Lipinski definition) is 5. The number of amides is 1. The lowest BCUT2D eigenvalue weighted by atomic mass is 10.0. The summed E-state index contributed by atoms with van der Waals surface area (Å²) in [6.07, 6.45) is 1.67. The molecule has 4 aromatic rings. The minimum atomic E-state index is -3.19. The molecule has 2 aromatic carbocycles. The lowest BCUT2D eigenvalue weighted by Gasteiger charge is -2.23. The number of fused-ring (bicyclic) bond motifs is 1. The van der Waals surface area contributed by atoms with Crippen LogP contribution in [0.5, 0.6) is 0 Å². The summed E-state index contributed by atoms with van der Waals surface area (Å²) in [5, 5.41) is 7.97. The van der Waals surface area contributed by atoms with Gasteiger partial charge >= 0.3 is 0 Å². The van der Waals surface area contributed by atoms with Crippen LogP contribution >= 0.6 is 0 Å². The van der Waals surface area contributed by atoms with Crippen molar-refractivity contribution in [2.75, 3.05) is 11.5 Å². The van der Waals surface area contributed by atoms with Crippen molar-refractivity contribution in [3.8, 4) is 16.9 Å². The number of hydrogen-bond donors (Lipinski definition) is 1. The van der Waals surface area contributed by atoms with Gasteiger partial charge in [0.05, 0.1) is 33.8 Å². The summed E-state index contributed by atoms with van der Waals surface area (Å²) in [5.41, 5.74) is 0.973. The fourth-order valence-electron chi connectivity index (χ4n) is 4.25. The van der Waals surface area contributed by atoms with Crippen LogP contribution in [0, 0.1) is 11.8 Å². The van der Waals surface area contributed by atoms with Gasteiger partial charge in [-0.25, -0.2) is 22.5 Å². The van der Waals surface area contributed by atoms with Crippen molar-refractivity contribution < 1.29 is 22.0 Å². The van der Waals surface area contributed by atoms with E-state index in [0.29, 0.717) is 34.3 Å². The summed E-state index contributed by atoms with van der Waals surface area (Å²) < 4.78 is 53.3. The van der Waals surface area contributed by atoms with E-state index in [4.69, 9.17) is 0 Å². The van der Waals surface area contributed by atoms with Crippen LogP contribution in [0.4, 0.5) is 8.78 Å². The molecule has 34 heavy (non-hydrogen) atoms. The third kappa shape index (κ3) is 4.05. The van der Waals surface area contributed by atoms with Crippen LogP contribution in [0.3, 0.4) is 0 Å². The third-order valence-electron chi connectivity index (χ3n) is 5.95. The molecular formula is C24H20F2N4O3S. The minimum absolute atomic E-state index is 0.0280. The molecule has 1 saturated heterocycles. The largest absolute Gasteiger partial charge is 0.346 e. The first-order valence-electron chi connectivity index (χ1n) is 10.6. The van der Waals surface area contributed by atoms with Crippen molar-refractivity contribution in [3.63, 3.8) is 0 Å². The van der Waals surface area contributed by atoms with Crippen LogP contribution < -0.4 is 5.32 Å². The molecule has 3 heterocycles. The summed E-state index contributed by atoms with van der Waals surface area (Å²) in [4.78, 5) is 16.7. The molecule has 0 unspecified atom stereocenters. The Balaban J connectivity index is 1.62. The standard InChI is InChI=1S/C24H20F2N4O3S/c1-24(10-12-34(32,33)14-24)28-23(31)15-4-9-18-20(13-15)30(17-7-5-16(25)6-8-17)29-21(18)19-3-2-11-27-22(19)26/h2-9,11,13H,10,12,14H2,1H3,(H,28,31)/t24-/m1/s1. The van der Waals surface area contributed by atoms with Gasteiger partial charge in [0.1, 0.15) is 11.5 Å². The molecule has 1 N–H and O–H groups in total. The number of nitrogens with zero attached hydrogens (tertiary/aromatic N) is 3. The zero-order valence-electron chi connectivity index (χ0n) is 18.1. The number of aromatic nitrogens is 3. The highest BCUT2D eigenvalue weighted by molar-refractivity contribution is 7.91. The Morgan fingerprint density at radius 3 is 2.56 bits per heavy atom. The summed E-state index contributed by atoms with van der Waals surface area (Å²) in [6, 6.07) is 13.6. The lowest BCUT2D eigenvalue weighted by Crippen LogP contribution is -2.46. The van der Waals surface area contributed by atoms with Gasteiger partial charge in [-0.15, -0.1) is 0 Å². The number of benzene rings is 2. The summed E-state index contributed by atoms with van der Waals surface area (Å²) in [5.74, 6) is -1.63. The Hall–Kier alpha value is -3.66. The molecule has 0 radical (unpaired) electrons. The number of nitrogens with one attached hydrogen (secondary N) is 1. The van der Waals surface area contributed by atoms with Crippen molar-refractivity contribution in [1.29, 1.82) is 0 Å². The highest BCUT2D eigenvalue weighted by Gasteiger charge is 2.39. The zero-order valence-corrected chi connectivity index (χ0v) is 18.9. The molecule has 1 aliphatic heterocycles. The number of halogens is 2. The van der Waals surface area contributed by atoms with Gasteiger partial charge in [0.25, 0.3) is 5.91 Å². The number of carbonyl (C=O) groups excluding carboxylic acids is 1. The summed E-state index contributed by atoms with van der Waals surface area (Å²) >= 11 is 0. The molecule has 1 aliphatic rings. The fourth-order valence-corrected chi connectivity index (χ4v) is 6.35. The number of pyridine rings is 1. The number of carbonyl (C=O) groups is 1. The van der Waals surface area contributed by atoms with E-state index in [0.717, 1.165) is 0 Å². The Labute approximate surface area is 194 Å². The van der Waals surface area contributed by atoms with E-state index in [1.54, 1.807) is 37.3 Å². The van der Waals surface area contributed by atoms with Crippen LogP contribution in [0.2, 0.25) is 0 Å². The first-order valence-corrected chi connectivity index (χ1v) is 12.4. The van der Waals surface area contributed by atoms with Crippen molar-refractivity contribution in [2.24, 2.45) is 0 Å². The molecule has 5 rings (SSSR count). The normalized spacial score (nSPS) is 19.4. The molecule has 0 spiro atoms. The van der Waals surface area contributed by atoms with Gasteiger partial charge in [0.2, 0.25) is 5.95 Å². The Bertz CT molecular complexity index is 1530. The molecule has 0 saturated carbocycles. The van der Waals surface area contributed by atoms with Crippen molar-refractivity contribution in [2.45, 2.75) is 18.9 Å². The Kier molecular flexibility index (Phi) is 5.20. The third-order valence-corrected chi connectivity index (χ3v) is 7.85. The van der Waals surface area contributed by atoms with Gasteiger partial charge in [0.15, 0.2) is 9.84 Å². The van der Waals surface area contributed by atoms with E-state index in [1.165, 1.54) is 35.1 Å². The quantitative estimate of drug-likeness (QED) is 0.448. The van der Waals surface area contributed by atoms with E-state index < -0.39 is 33.0 Å². The first-order chi connectivity index (χ1) is 16.1. The van der Waals surface area contributed by atoms with Gasteiger partial charge in [-0.3, -0.25) is 4.79 Å². The second kappa shape index (κ2) is 7.98. The molecule has 1 atom stereocenters. The Morgan fingerprint density at radius 1 is 1.12 bits per heavy atom. The minimum Gasteiger partial charge on any atom is -0.346 e. The van der Waals surface area contributed by atoms with Gasteiger partial charge in [-0.1, -0.05) is 0 Å². The highest BCUT2D eigenvalue weighted by atomic mass is 32.2. The molecule has 0 bridgehead atoms. The molecule has 10 heteroatoms. The van der Waals surface area contributed by atoms with Gasteiger partial charge < -0.3 is 5.32 Å². The van der Waals surface area contributed by atoms with Crippen LogP contribution in [0.1, 0.15) is 23.7 Å². The summed E-state index contributed by atoms with van der Waals surface area (Å²) in [7, 11) is -3.19. The fraction of sp³-hybridized carbons (Fsp3) is 0.208. The van der Waals surface area contributed by atoms with Crippen molar-refractivity contribution in [3.05, 3.63) is 78.1 Å². The number of sulfone groups is 1. The van der Waals surface area contributed by atoms with E-state index in [2.05, 4.69) is 15.4 Å². The second-order valence-electron chi connectivity index (χ2n) is 8.67. The highest BCUT2D eigenvalue weighted by Crippen LogP contribution is 2.32. The maximum Gasteiger partial charge on any atom is 0.251 e. The molecule has 7 nitrogen and oxygen atoms in total. The van der Waals surface area contributed by atoms with Crippen molar-refractivity contribution in [1.82, 2.24) is 20.1 Å². The van der Waals surface area contributed by atoms with E-state index in [1.807, 2.05) is 0 Å². The monoisotopic (exact) mass is 482 g/mol. The predicted molar refractivity (Wildman–Crippen MR) is 123 cm³/mol. The van der Waals surface area contributed by atoms with E-state index in [9.17, 15) is 22.0 Å². The maximum absolute atomic E-state index is 14.5. The lowest BCUT2D eigenvalue weighted by molar-refractivity contribution is 0.0915. The van der Waals surface area contributed by atoms with Gasteiger partial charge in [-0.05, 0) is 67.9 Å². The predicted octanol–water partition coefficient (Wildman–Crippen LogP) is 3.67. The van der Waals surface area contributed by atoms with Crippen LogP contribution in [-0.2, 0) is 9.84 Å². The van der Waals surface area contributed by atoms with Crippen LogP contribution in [-0.4, -0.2) is 46.1 Å². The van der Waals surface area contributed by atoms with E-state index >= 15 is 0 Å². The van der Waals surface area contributed by atoms with Crippen LogP contribution in [0.15, 0.2) is 60.8 Å². The second-order valence-corrected chi connectivity index (χ2v) is 10.9. The smallest absolute Gasteiger partial charge is 0.251 e. The van der Waals surface area contributed by atoms with Gasteiger partial charge in [0, 0.05) is 17.1 Å². The molecule has 174 valence electrons. The molecule has 2 aromatic heterocycles. The molecule has 1 fully saturated rings. The molecular weight excluding hydrogens is 462 g/mol.